The zero-order valence-corrected chi connectivity index (χ0v) is 12.0. The van der Waals surface area contributed by atoms with Gasteiger partial charge in [-0.1, -0.05) is 0 Å². The van der Waals surface area contributed by atoms with Gasteiger partial charge >= 0.3 is 0 Å². The molecule has 17 heavy (non-hydrogen) atoms. The van der Waals surface area contributed by atoms with Crippen molar-refractivity contribution in [2.75, 3.05) is 6.54 Å². The maximum Gasteiger partial charge on any atom is 0.105 e. The van der Waals surface area contributed by atoms with E-state index in [0.29, 0.717) is 18.1 Å². The van der Waals surface area contributed by atoms with E-state index in [9.17, 15) is 5.26 Å². The van der Waals surface area contributed by atoms with E-state index in [2.05, 4.69) is 44.0 Å². The molecule has 0 aliphatic carbocycles. The fourth-order valence-corrected chi connectivity index (χ4v) is 3.09. The van der Waals surface area contributed by atoms with Crippen LogP contribution in [0.4, 0.5) is 0 Å². The first-order chi connectivity index (χ1) is 7.88. The molecular weight excluding hydrogens is 210 g/mol. The molecule has 0 aromatic rings. The molecule has 0 aromatic carbocycles. The lowest BCUT2D eigenvalue weighted by Crippen LogP contribution is -2.50. The lowest BCUT2D eigenvalue weighted by Gasteiger charge is -2.35. The van der Waals surface area contributed by atoms with Gasteiger partial charge in [-0.25, -0.2) is 0 Å². The molecule has 1 aliphatic rings. The van der Waals surface area contributed by atoms with Gasteiger partial charge in [-0.2, -0.15) is 5.26 Å². The quantitative estimate of drug-likeness (QED) is 0.798. The van der Waals surface area contributed by atoms with Gasteiger partial charge in [0.2, 0.25) is 0 Å². The van der Waals surface area contributed by atoms with Crippen LogP contribution < -0.4 is 5.32 Å². The van der Waals surface area contributed by atoms with Crippen molar-refractivity contribution < 1.29 is 0 Å². The van der Waals surface area contributed by atoms with Crippen LogP contribution in [0.5, 0.6) is 0 Å². The Kier molecular flexibility index (Phi) is 4.97. The monoisotopic (exact) mass is 237 g/mol. The van der Waals surface area contributed by atoms with Crippen LogP contribution in [0.25, 0.3) is 0 Å². The Morgan fingerprint density at radius 2 is 2.12 bits per heavy atom. The average Bonchev–Trinajstić information content (AvgIpc) is 2.63. The van der Waals surface area contributed by atoms with Crippen molar-refractivity contribution in [3.63, 3.8) is 0 Å². The van der Waals surface area contributed by atoms with Gasteiger partial charge in [0.05, 0.1) is 6.07 Å². The van der Waals surface area contributed by atoms with Crippen molar-refractivity contribution >= 4 is 0 Å². The summed E-state index contributed by atoms with van der Waals surface area (Å²) >= 11 is 0. The van der Waals surface area contributed by atoms with Gasteiger partial charge in [0, 0.05) is 18.1 Å². The van der Waals surface area contributed by atoms with Crippen LogP contribution in [-0.2, 0) is 0 Å². The molecule has 0 bridgehead atoms. The minimum atomic E-state index is -0.407. The molecular formula is C14H27N3. The van der Waals surface area contributed by atoms with Crippen LogP contribution >= 0.6 is 0 Å². The maximum atomic E-state index is 9.36. The Labute approximate surface area is 106 Å². The normalized spacial score (nSPS) is 26.8. The van der Waals surface area contributed by atoms with E-state index in [4.69, 9.17) is 0 Å². The smallest absolute Gasteiger partial charge is 0.105 e. The summed E-state index contributed by atoms with van der Waals surface area (Å²) in [6.07, 6.45) is 3.49. The van der Waals surface area contributed by atoms with Crippen LogP contribution in [0.1, 0.15) is 53.9 Å². The summed E-state index contributed by atoms with van der Waals surface area (Å²) in [4.78, 5) is 2.54. The summed E-state index contributed by atoms with van der Waals surface area (Å²) in [7, 11) is 0. The third-order valence-electron chi connectivity index (χ3n) is 3.73. The minimum absolute atomic E-state index is 0.350. The van der Waals surface area contributed by atoms with Gasteiger partial charge in [-0.15, -0.1) is 0 Å². The number of rotatable bonds is 5. The predicted molar refractivity (Wildman–Crippen MR) is 71.8 cm³/mol. The molecule has 3 atom stereocenters. The van der Waals surface area contributed by atoms with Crippen LogP contribution in [-0.4, -0.2) is 35.1 Å². The molecule has 1 N–H and O–H groups in total. The molecule has 0 spiro atoms. The third-order valence-corrected chi connectivity index (χ3v) is 3.73. The molecule has 3 heteroatoms. The van der Waals surface area contributed by atoms with E-state index in [1.807, 2.05) is 6.92 Å². The highest BCUT2D eigenvalue weighted by Gasteiger charge is 2.32. The highest BCUT2D eigenvalue weighted by molar-refractivity contribution is 5.06. The summed E-state index contributed by atoms with van der Waals surface area (Å²) in [6, 6.07) is 3.94. The van der Waals surface area contributed by atoms with Crippen molar-refractivity contribution in [3.8, 4) is 6.07 Å². The summed E-state index contributed by atoms with van der Waals surface area (Å²) in [6.45, 7) is 11.9. The second kappa shape index (κ2) is 5.84. The molecule has 3 nitrogen and oxygen atoms in total. The van der Waals surface area contributed by atoms with E-state index < -0.39 is 5.54 Å². The fourth-order valence-electron chi connectivity index (χ4n) is 3.09. The number of likely N-dealkylation sites (tertiary alicyclic amines) is 1. The minimum Gasteiger partial charge on any atom is -0.298 e. The van der Waals surface area contributed by atoms with Crippen LogP contribution in [0.15, 0.2) is 0 Å². The summed E-state index contributed by atoms with van der Waals surface area (Å²) in [5.41, 5.74) is -0.407. The SMILES string of the molecule is CC(C)NC(C)(C#N)CC(C)N1CCCC1C. The molecule has 0 aromatic heterocycles. The second-order valence-corrected chi connectivity index (χ2v) is 6.03. The predicted octanol–water partition coefficient (Wildman–Crippen LogP) is 2.53. The van der Waals surface area contributed by atoms with Crippen molar-refractivity contribution in [1.29, 1.82) is 5.26 Å². The molecule has 0 amide bonds. The Morgan fingerprint density at radius 3 is 2.53 bits per heavy atom. The van der Waals surface area contributed by atoms with Crippen molar-refractivity contribution in [3.05, 3.63) is 0 Å². The van der Waals surface area contributed by atoms with Crippen molar-refractivity contribution in [2.45, 2.75) is 77.5 Å². The largest absolute Gasteiger partial charge is 0.298 e. The fraction of sp³-hybridized carbons (Fsp3) is 0.929. The van der Waals surface area contributed by atoms with Crippen molar-refractivity contribution in [1.82, 2.24) is 10.2 Å². The number of nitrogens with one attached hydrogen (secondary N) is 1. The summed E-state index contributed by atoms with van der Waals surface area (Å²) in [5.74, 6) is 0. The standard InChI is InChI=1S/C14H27N3/c1-11(2)16-14(5,10-15)9-13(4)17-8-6-7-12(17)3/h11-13,16H,6-9H2,1-5H3. The molecule has 1 heterocycles. The summed E-state index contributed by atoms with van der Waals surface area (Å²) in [5, 5.41) is 12.7. The van der Waals surface area contributed by atoms with E-state index in [1.54, 1.807) is 0 Å². The second-order valence-electron chi connectivity index (χ2n) is 6.03. The van der Waals surface area contributed by atoms with E-state index in [0.717, 1.165) is 6.42 Å². The number of nitriles is 1. The Morgan fingerprint density at radius 1 is 1.47 bits per heavy atom. The molecule has 1 fully saturated rings. The van der Waals surface area contributed by atoms with Gasteiger partial charge in [-0.3, -0.25) is 10.2 Å². The molecule has 0 radical (unpaired) electrons. The molecule has 1 aliphatic heterocycles. The van der Waals surface area contributed by atoms with E-state index >= 15 is 0 Å². The number of hydrogen-bond acceptors (Lipinski definition) is 3. The highest BCUT2D eigenvalue weighted by atomic mass is 15.2. The van der Waals surface area contributed by atoms with Crippen LogP contribution in [0, 0.1) is 11.3 Å². The van der Waals surface area contributed by atoms with Crippen LogP contribution in [0.3, 0.4) is 0 Å². The van der Waals surface area contributed by atoms with E-state index in [1.165, 1.54) is 19.4 Å². The van der Waals surface area contributed by atoms with Gasteiger partial charge < -0.3 is 0 Å². The van der Waals surface area contributed by atoms with E-state index in [-0.39, 0.29) is 0 Å². The van der Waals surface area contributed by atoms with Gasteiger partial charge in [0.1, 0.15) is 5.54 Å². The Bertz CT molecular complexity index is 282. The molecule has 0 saturated carbocycles. The maximum absolute atomic E-state index is 9.36. The summed E-state index contributed by atoms with van der Waals surface area (Å²) < 4.78 is 0. The van der Waals surface area contributed by atoms with Gasteiger partial charge in [-0.05, 0) is 60.4 Å². The third kappa shape index (κ3) is 3.97. The van der Waals surface area contributed by atoms with Crippen molar-refractivity contribution in [2.24, 2.45) is 0 Å². The lowest BCUT2D eigenvalue weighted by molar-refractivity contribution is 0.168. The molecule has 98 valence electrons. The van der Waals surface area contributed by atoms with Gasteiger partial charge in [0.15, 0.2) is 0 Å². The number of hydrogen-bond donors (Lipinski definition) is 1. The highest BCUT2D eigenvalue weighted by Crippen LogP contribution is 2.24. The first-order valence-corrected chi connectivity index (χ1v) is 6.82. The van der Waals surface area contributed by atoms with Gasteiger partial charge in [0.25, 0.3) is 0 Å². The number of nitrogens with zero attached hydrogens (tertiary/aromatic N) is 2. The lowest BCUT2D eigenvalue weighted by atomic mass is 9.93. The average molecular weight is 237 g/mol. The zero-order valence-electron chi connectivity index (χ0n) is 12.0. The van der Waals surface area contributed by atoms with Crippen LogP contribution in [0.2, 0.25) is 0 Å². The zero-order chi connectivity index (χ0) is 13.1. The molecule has 1 saturated heterocycles. The Balaban J connectivity index is 2.59. The molecule has 3 unspecified atom stereocenters. The first-order valence-electron chi connectivity index (χ1n) is 6.82. The topological polar surface area (TPSA) is 39.1 Å². The first kappa shape index (κ1) is 14.5. The Hall–Kier alpha value is -0.590. The molecule has 1 rings (SSSR count).